The van der Waals surface area contributed by atoms with Crippen LogP contribution < -0.4 is 15.4 Å². The Balaban J connectivity index is 1.73. The molecule has 2 rings (SSSR count). The zero-order chi connectivity index (χ0) is 14.4. The van der Waals surface area contributed by atoms with Gasteiger partial charge < -0.3 is 15.4 Å². The molecule has 1 aliphatic carbocycles. The predicted molar refractivity (Wildman–Crippen MR) is 79.8 cm³/mol. The zero-order valence-corrected chi connectivity index (χ0v) is 12.3. The van der Waals surface area contributed by atoms with Crippen molar-refractivity contribution in [1.82, 2.24) is 10.6 Å². The fraction of sp³-hybridized carbons (Fsp3) is 0.562. The minimum atomic E-state index is -0.0398. The van der Waals surface area contributed by atoms with E-state index in [1.54, 1.807) is 0 Å². The maximum atomic E-state index is 11.6. The number of carbonyl (C=O) groups excluding carboxylic acids is 1. The van der Waals surface area contributed by atoms with Gasteiger partial charge in [0.25, 0.3) is 5.91 Å². The van der Waals surface area contributed by atoms with Crippen molar-refractivity contribution in [3.8, 4) is 5.75 Å². The Hall–Kier alpha value is -1.55. The Morgan fingerprint density at radius 3 is 2.65 bits per heavy atom. The third kappa shape index (κ3) is 4.85. The van der Waals surface area contributed by atoms with Gasteiger partial charge in [-0.3, -0.25) is 4.79 Å². The van der Waals surface area contributed by atoms with Crippen molar-refractivity contribution in [3.63, 3.8) is 0 Å². The van der Waals surface area contributed by atoms with E-state index in [0.717, 1.165) is 18.8 Å². The van der Waals surface area contributed by atoms with Gasteiger partial charge >= 0.3 is 0 Å². The zero-order valence-electron chi connectivity index (χ0n) is 12.3. The van der Waals surface area contributed by atoms with Gasteiger partial charge in [-0.2, -0.15) is 0 Å². The average Bonchev–Trinajstić information content (AvgIpc) is 3.28. The summed E-state index contributed by atoms with van der Waals surface area (Å²) < 4.78 is 5.48. The molecule has 4 nitrogen and oxygen atoms in total. The van der Waals surface area contributed by atoms with Gasteiger partial charge in [0, 0.05) is 12.6 Å². The lowest BCUT2D eigenvalue weighted by Crippen LogP contribution is -2.30. The molecule has 1 aromatic carbocycles. The molecule has 0 saturated heterocycles. The second-order valence-electron chi connectivity index (χ2n) is 5.38. The Morgan fingerprint density at radius 2 is 2.05 bits per heavy atom. The van der Waals surface area contributed by atoms with E-state index in [1.807, 2.05) is 24.3 Å². The normalized spacial score (nSPS) is 15.7. The van der Waals surface area contributed by atoms with Gasteiger partial charge in [-0.25, -0.2) is 0 Å². The van der Waals surface area contributed by atoms with Crippen LogP contribution in [0.1, 0.15) is 38.3 Å². The molecule has 0 spiro atoms. The van der Waals surface area contributed by atoms with Crippen LogP contribution in [0.2, 0.25) is 0 Å². The third-order valence-corrected chi connectivity index (χ3v) is 3.55. The number of ether oxygens (including phenoxy) is 1. The first kappa shape index (κ1) is 14.9. The van der Waals surface area contributed by atoms with E-state index < -0.39 is 0 Å². The smallest absolute Gasteiger partial charge is 0.257 e. The first-order chi connectivity index (χ1) is 9.69. The molecule has 4 heteroatoms. The second kappa shape index (κ2) is 7.29. The Labute approximate surface area is 120 Å². The lowest BCUT2D eigenvalue weighted by molar-refractivity contribution is -0.123. The topological polar surface area (TPSA) is 50.4 Å². The van der Waals surface area contributed by atoms with E-state index in [-0.39, 0.29) is 12.5 Å². The molecule has 110 valence electrons. The summed E-state index contributed by atoms with van der Waals surface area (Å²) in [6.07, 6.45) is 2.49. The molecule has 1 fully saturated rings. The second-order valence-corrected chi connectivity index (χ2v) is 5.38. The number of hydrogen-bond acceptors (Lipinski definition) is 3. The van der Waals surface area contributed by atoms with Crippen LogP contribution in [0.15, 0.2) is 24.3 Å². The van der Waals surface area contributed by atoms with Gasteiger partial charge in [0.05, 0.1) is 0 Å². The average molecular weight is 276 g/mol. The van der Waals surface area contributed by atoms with Gasteiger partial charge in [0.15, 0.2) is 6.61 Å². The van der Waals surface area contributed by atoms with Gasteiger partial charge in [-0.1, -0.05) is 19.1 Å². The van der Waals surface area contributed by atoms with Crippen molar-refractivity contribution >= 4 is 5.91 Å². The molecular weight excluding hydrogens is 252 g/mol. The summed E-state index contributed by atoms with van der Waals surface area (Å²) in [5.41, 5.74) is 1.22. The van der Waals surface area contributed by atoms with Gasteiger partial charge in [-0.05, 0) is 49.9 Å². The molecule has 1 unspecified atom stereocenters. The van der Waals surface area contributed by atoms with E-state index in [1.165, 1.54) is 18.4 Å². The molecule has 20 heavy (non-hydrogen) atoms. The van der Waals surface area contributed by atoms with Crippen LogP contribution in [0.4, 0.5) is 0 Å². The van der Waals surface area contributed by atoms with Crippen molar-refractivity contribution in [2.75, 3.05) is 19.7 Å². The fourth-order valence-corrected chi connectivity index (χ4v) is 2.06. The van der Waals surface area contributed by atoms with Gasteiger partial charge in [-0.15, -0.1) is 0 Å². The highest BCUT2D eigenvalue weighted by atomic mass is 16.5. The van der Waals surface area contributed by atoms with Crippen molar-refractivity contribution in [3.05, 3.63) is 29.8 Å². The summed E-state index contributed by atoms with van der Waals surface area (Å²) in [7, 11) is 0. The molecule has 1 aliphatic rings. The SMILES string of the molecule is CCNC(C)c1ccc(OCC(=O)NCC2CC2)cc1. The summed E-state index contributed by atoms with van der Waals surface area (Å²) in [4.78, 5) is 11.6. The lowest BCUT2D eigenvalue weighted by atomic mass is 10.1. The lowest BCUT2D eigenvalue weighted by Gasteiger charge is -2.13. The molecule has 0 heterocycles. The quantitative estimate of drug-likeness (QED) is 0.766. The number of benzene rings is 1. The molecule has 1 aromatic rings. The van der Waals surface area contributed by atoms with Crippen molar-refractivity contribution < 1.29 is 9.53 Å². The van der Waals surface area contributed by atoms with E-state index in [0.29, 0.717) is 12.0 Å². The Kier molecular flexibility index (Phi) is 5.41. The van der Waals surface area contributed by atoms with Crippen LogP contribution in [-0.4, -0.2) is 25.6 Å². The predicted octanol–water partition coefficient (Wildman–Crippen LogP) is 2.26. The van der Waals surface area contributed by atoms with Gasteiger partial charge in [0.1, 0.15) is 5.75 Å². The van der Waals surface area contributed by atoms with Crippen LogP contribution in [0, 0.1) is 5.92 Å². The minimum Gasteiger partial charge on any atom is -0.484 e. The molecule has 0 bridgehead atoms. The largest absolute Gasteiger partial charge is 0.484 e. The Morgan fingerprint density at radius 1 is 1.35 bits per heavy atom. The van der Waals surface area contributed by atoms with E-state index >= 15 is 0 Å². The first-order valence-corrected chi connectivity index (χ1v) is 7.42. The molecule has 0 aliphatic heterocycles. The summed E-state index contributed by atoms with van der Waals surface area (Å²) >= 11 is 0. The highest BCUT2D eigenvalue weighted by Gasteiger charge is 2.21. The summed E-state index contributed by atoms with van der Waals surface area (Å²) in [5.74, 6) is 1.40. The summed E-state index contributed by atoms with van der Waals surface area (Å²) in [6, 6.07) is 8.22. The highest BCUT2D eigenvalue weighted by Crippen LogP contribution is 2.27. The molecule has 1 atom stereocenters. The van der Waals surface area contributed by atoms with Crippen LogP contribution in [-0.2, 0) is 4.79 Å². The molecular formula is C16H24N2O2. The summed E-state index contributed by atoms with van der Waals surface area (Å²) in [5, 5.41) is 6.25. The van der Waals surface area contributed by atoms with E-state index in [9.17, 15) is 4.79 Å². The molecule has 1 amide bonds. The molecule has 0 radical (unpaired) electrons. The number of hydrogen-bond donors (Lipinski definition) is 2. The van der Waals surface area contributed by atoms with Crippen molar-refractivity contribution in [1.29, 1.82) is 0 Å². The van der Waals surface area contributed by atoms with Crippen LogP contribution in [0.3, 0.4) is 0 Å². The van der Waals surface area contributed by atoms with Crippen LogP contribution >= 0.6 is 0 Å². The van der Waals surface area contributed by atoms with Gasteiger partial charge in [0.2, 0.25) is 0 Å². The standard InChI is InChI=1S/C16H24N2O2/c1-3-17-12(2)14-6-8-15(9-7-14)20-11-16(19)18-10-13-4-5-13/h6-9,12-13,17H,3-5,10-11H2,1-2H3,(H,18,19). The van der Waals surface area contributed by atoms with E-state index in [4.69, 9.17) is 4.74 Å². The molecule has 2 N–H and O–H groups in total. The number of carbonyl (C=O) groups is 1. The minimum absolute atomic E-state index is 0.0398. The Bertz CT molecular complexity index is 427. The van der Waals surface area contributed by atoms with Crippen molar-refractivity contribution in [2.45, 2.75) is 32.7 Å². The number of nitrogens with one attached hydrogen (secondary N) is 2. The highest BCUT2D eigenvalue weighted by molar-refractivity contribution is 5.77. The maximum Gasteiger partial charge on any atom is 0.257 e. The van der Waals surface area contributed by atoms with E-state index in [2.05, 4.69) is 24.5 Å². The molecule has 1 saturated carbocycles. The molecule has 0 aromatic heterocycles. The number of amides is 1. The summed E-state index contributed by atoms with van der Waals surface area (Å²) in [6.45, 7) is 6.05. The number of rotatable bonds is 8. The third-order valence-electron chi connectivity index (χ3n) is 3.55. The maximum absolute atomic E-state index is 11.6. The van der Waals surface area contributed by atoms with Crippen molar-refractivity contribution in [2.24, 2.45) is 5.92 Å². The van der Waals surface area contributed by atoms with Crippen LogP contribution in [0.25, 0.3) is 0 Å². The van der Waals surface area contributed by atoms with Crippen LogP contribution in [0.5, 0.6) is 5.75 Å². The first-order valence-electron chi connectivity index (χ1n) is 7.42. The fourth-order valence-electron chi connectivity index (χ4n) is 2.06. The monoisotopic (exact) mass is 276 g/mol.